The zero-order valence-corrected chi connectivity index (χ0v) is 7.69. The van der Waals surface area contributed by atoms with E-state index in [1.165, 1.54) is 18.3 Å². The molecule has 6 nitrogen and oxygen atoms in total. The molecule has 1 aromatic heterocycles. The molecule has 0 bridgehead atoms. The molecule has 0 aliphatic rings. The summed E-state index contributed by atoms with van der Waals surface area (Å²) in [6.45, 7) is -0.390. The van der Waals surface area contributed by atoms with Crippen LogP contribution >= 0.6 is 0 Å². The van der Waals surface area contributed by atoms with E-state index < -0.39 is 22.4 Å². The van der Waals surface area contributed by atoms with Crippen LogP contribution in [0.15, 0.2) is 23.1 Å². The SMILES string of the molecule is CS(=O)(=O)OCn1ncccc1=O. The van der Waals surface area contributed by atoms with Gasteiger partial charge in [0.15, 0.2) is 6.73 Å². The lowest BCUT2D eigenvalue weighted by atomic mass is 10.6. The summed E-state index contributed by atoms with van der Waals surface area (Å²) in [6, 6.07) is 2.72. The summed E-state index contributed by atoms with van der Waals surface area (Å²) in [5, 5.41) is 3.60. The van der Waals surface area contributed by atoms with E-state index in [9.17, 15) is 13.2 Å². The largest absolute Gasteiger partial charge is 0.268 e. The van der Waals surface area contributed by atoms with Crippen LogP contribution in [-0.2, 0) is 21.0 Å². The first-order valence-corrected chi connectivity index (χ1v) is 5.17. The van der Waals surface area contributed by atoms with Gasteiger partial charge in [0.05, 0.1) is 6.26 Å². The van der Waals surface area contributed by atoms with Crippen molar-refractivity contribution < 1.29 is 12.6 Å². The Morgan fingerprint density at radius 3 is 2.85 bits per heavy atom. The van der Waals surface area contributed by atoms with E-state index in [1.54, 1.807) is 0 Å². The van der Waals surface area contributed by atoms with E-state index in [2.05, 4.69) is 9.28 Å². The molecule has 0 N–H and O–H groups in total. The van der Waals surface area contributed by atoms with Gasteiger partial charge in [-0.3, -0.25) is 4.79 Å². The fourth-order valence-electron chi connectivity index (χ4n) is 0.630. The maximum atomic E-state index is 11.0. The summed E-state index contributed by atoms with van der Waals surface area (Å²) < 4.78 is 26.4. The van der Waals surface area contributed by atoms with Crippen LogP contribution in [0.5, 0.6) is 0 Å². The number of hydrogen-bond acceptors (Lipinski definition) is 5. The standard InChI is InChI=1S/C6H8N2O4S/c1-13(10,11)12-5-8-6(9)3-2-4-7-8/h2-4H,5H2,1H3. The maximum Gasteiger partial charge on any atom is 0.268 e. The minimum Gasteiger partial charge on any atom is -0.268 e. The molecule has 0 saturated carbocycles. The van der Waals surface area contributed by atoms with Gasteiger partial charge in [0.1, 0.15) is 0 Å². The minimum atomic E-state index is -3.54. The molecular formula is C6H8N2O4S. The van der Waals surface area contributed by atoms with Crippen LogP contribution in [0.2, 0.25) is 0 Å². The summed E-state index contributed by atoms with van der Waals surface area (Å²) in [5.74, 6) is 0. The molecule has 0 fully saturated rings. The zero-order valence-electron chi connectivity index (χ0n) is 6.87. The highest BCUT2D eigenvalue weighted by molar-refractivity contribution is 7.85. The Kier molecular flexibility index (Phi) is 2.79. The van der Waals surface area contributed by atoms with Crippen molar-refractivity contribution in [3.63, 3.8) is 0 Å². The van der Waals surface area contributed by atoms with Crippen molar-refractivity contribution in [2.24, 2.45) is 0 Å². The molecule has 0 amide bonds. The molecule has 0 aliphatic heterocycles. The maximum absolute atomic E-state index is 11.0. The summed E-state index contributed by atoms with van der Waals surface area (Å²) in [4.78, 5) is 11.0. The van der Waals surface area contributed by atoms with Gasteiger partial charge >= 0.3 is 0 Å². The Morgan fingerprint density at radius 1 is 1.62 bits per heavy atom. The van der Waals surface area contributed by atoms with Crippen LogP contribution in [0.3, 0.4) is 0 Å². The van der Waals surface area contributed by atoms with Gasteiger partial charge in [0.25, 0.3) is 15.7 Å². The summed E-state index contributed by atoms with van der Waals surface area (Å²) in [6.07, 6.45) is 2.27. The van der Waals surface area contributed by atoms with Crippen molar-refractivity contribution in [1.82, 2.24) is 9.78 Å². The third kappa shape index (κ3) is 3.34. The van der Waals surface area contributed by atoms with Crippen molar-refractivity contribution in [3.8, 4) is 0 Å². The monoisotopic (exact) mass is 204 g/mol. The fraction of sp³-hybridized carbons (Fsp3) is 0.333. The van der Waals surface area contributed by atoms with E-state index in [-0.39, 0.29) is 0 Å². The van der Waals surface area contributed by atoms with Crippen LogP contribution in [0.4, 0.5) is 0 Å². The molecular weight excluding hydrogens is 196 g/mol. The Labute approximate surface area is 74.9 Å². The van der Waals surface area contributed by atoms with Crippen LogP contribution in [0, 0.1) is 0 Å². The molecule has 0 aliphatic carbocycles. The Hall–Kier alpha value is -1.21. The molecule has 0 spiro atoms. The van der Waals surface area contributed by atoms with Crippen LogP contribution in [-0.4, -0.2) is 24.5 Å². The van der Waals surface area contributed by atoms with E-state index in [0.29, 0.717) is 0 Å². The first-order chi connectivity index (χ1) is 5.99. The second kappa shape index (κ2) is 3.67. The predicted molar refractivity (Wildman–Crippen MR) is 44.4 cm³/mol. The molecule has 1 aromatic rings. The van der Waals surface area contributed by atoms with E-state index in [0.717, 1.165) is 10.9 Å². The smallest absolute Gasteiger partial charge is 0.268 e. The van der Waals surface area contributed by atoms with Gasteiger partial charge in [-0.1, -0.05) is 0 Å². The quantitative estimate of drug-likeness (QED) is 0.601. The Bertz CT molecular complexity index is 436. The van der Waals surface area contributed by atoms with Crippen molar-refractivity contribution >= 4 is 10.1 Å². The number of nitrogens with zero attached hydrogens (tertiary/aromatic N) is 2. The molecule has 1 rings (SSSR count). The lowest BCUT2D eigenvalue weighted by Gasteiger charge is -2.01. The van der Waals surface area contributed by atoms with Gasteiger partial charge in [-0.15, -0.1) is 0 Å². The van der Waals surface area contributed by atoms with Gasteiger partial charge in [-0.2, -0.15) is 13.5 Å². The first kappa shape index (κ1) is 9.87. The highest BCUT2D eigenvalue weighted by Crippen LogP contribution is 1.87. The van der Waals surface area contributed by atoms with Crippen LogP contribution < -0.4 is 5.56 Å². The average molecular weight is 204 g/mol. The summed E-state index contributed by atoms with van der Waals surface area (Å²) >= 11 is 0. The molecule has 0 aromatic carbocycles. The predicted octanol–water partition coefficient (Wildman–Crippen LogP) is -0.823. The average Bonchev–Trinajstić information content (AvgIpc) is 2.01. The second-order valence-electron chi connectivity index (χ2n) is 2.31. The second-order valence-corrected chi connectivity index (χ2v) is 3.96. The van der Waals surface area contributed by atoms with E-state index in [1.807, 2.05) is 0 Å². The lowest BCUT2D eigenvalue weighted by Crippen LogP contribution is -2.23. The zero-order chi connectivity index (χ0) is 9.90. The van der Waals surface area contributed by atoms with Crippen LogP contribution in [0.25, 0.3) is 0 Å². The van der Waals surface area contributed by atoms with Crippen molar-refractivity contribution in [2.45, 2.75) is 6.73 Å². The van der Waals surface area contributed by atoms with Gasteiger partial charge in [-0.25, -0.2) is 8.86 Å². The van der Waals surface area contributed by atoms with Crippen molar-refractivity contribution in [3.05, 3.63) is 28.7 Å². The van der Waals surface area contributed by atoms with Crippen LogP contribution in [0.1, 0.15) is 0 Å². The van der Waals surface area contributed by atoms with E-state index in [4.69, 9.17) is 0 Å². The molecule has 0 radical (unpaired) electrons. The van der Waals surface area contributed by atoms with Crippen molar-refractivity contribution in [2.75, 3.05) is 6.26 Å². The molecule has 1 heterocycles. The van der Waals surface area contributed by atoms with Gasteiger partial charge in [0, 0.05) is 12.3 Å². The third-order valence-corrected chi connectivity index (χ3v) is 1.71. The van der Waals surface area contributed by atoms with Crippen molar-refractivity contribution in [1.29, 1.82) is 0 Å². The molecule has 7 heteroatoms. The molecule has 13 heavy (non-hydrogen) atoms. The van der Waals surface area contributed by atoms with Gasteiger partial charge < -0.3 is 0 Å². The molecule has 0 saturated heterocycles. The van der Waals surface area contributed by atoms with E-state index >= 15 is 0 Å². The lowest BCUT2D eigenvalue weighted by molar-refractivity contribution is 0.223. The molecule has 0 atom stereocenters. The normalized spacial score (nSPS) is 11.5. The molecule has 0 unspecified atom stereocenters. The summed E-state index contributed by atoms with van der Waals surface area (Å²) in [5.41, 5.74) is -0.411. The molecule has 72 valence electrons. The topological polar surface area (TPSA) is 78.3 Å². The number of hydrogen-bond donors (Lipinski definition) is 0. The Balaban J connectivity index is 2.77. The highest BCUT2D eigenvalue weighted by Gasteiger charge is 2.02. The van der Waals surface area contributed by atoms with Gasteiger partial charge in [0.2, 0.25) is 0 Å². The highest BCUT2D eigenvalue weighted by atomic mass is 32.2. The Morgan fingerprint density at radius 2 is 2.31 bits per heavy atom. The number of aromatic nitrogens is 2. The third-order valence-electron chi connectivity index (χ3n) is 1.17. The first-order valence-electron chi connectivity index (χ1n) is 3.35. The summed E-state index contributed by atoms with van der Waals surface area (Å²) in [7, 11) is -3.54. The van der Waals surface area contributed by atoms with Gasteiger partial charge in [-0.05, 0) is 6.07 Å². The minimum absolute atomic E-state index is 0.390. The fourth-order valence-corrected chi connectivity index (χ4v) is 0.921. The number of rotatable bonds is 3.